The number of hydrogen-bond donors (Lipinski definition) is 2. The minimum Gasteiger partial charge on any atom is -0.298 e. The molecular weight excluding hydrogens is 332 g/mol. The van der Waals surface area contributed by atoms with Gasteiger partial charge < -0.3 is 0 Å². The molecule has 0 spiro atoms. The number of hydrogen-bond acceptors (Lipinski definition) is 5. The molecule has 0 atom stereocenters. The smallest absolute Gasteiger partial charge is 0.270 e. The van der Waals surface area contributed by atoms with Crippen LogP contribution < -0.4 is 10.9 Å². The SMILES string of the molecule is C=C(NNC(=O)c1cc(C)nc2ccccc12)c1ccc([N+](=O)[O-])cc1. The van der Waals surface area contributed by atoms with Crippen LogP contribution >= 0.6 is 0 Å². The molecular formula is C19H16N4O3. The van der Waals surface area contributed by atoms with Gasteiger partial charge in [-0.2, -0.15) is 0 Å². The predicted octanol–water partition coefficient (Wildman–Crippen LogP) is 3.36. The Bertz CT molecular complexity index is 1010. The number of amides is 1. The van der Waals surface area contributed by atoms with E-state index >= 15 is 0 Å². The number of carbonyl (C=O) groups is 1. The Hall–Kier alpha value is -3.74. The maximum absolute atomic E-state index is 12.6. The van der Waals surface area contributed by atoms with E-state index in [4.69, 9.17) is 0 Å². The molecule has 0 aliphatic carbocycles. The molecule has 0 fully saturated rings. The lowest BCUT2D eigenvalue weighted by Gasteiger charge is -2.13. The Labute approximate surface area is 149 Å². The van der Waals surface area contributed by atoms with Crippen molar-refractivity contribution in [1.82, 2.24) is 15.8 Å². The van der Waals surface area contributed by atoms with Gasteiger partial charge in [-0.15, -0.1) is 0 Å². The van der Waals surface area contributed by atoms with E-state index in [9.17, 15) is 14.9 Å². The summed E-state index contributed by atoms with van der Waals surface area (Å²) < 4.78 is 0. The first-order valence-corrected chi connectivity index (χ1v) is 7.82. The zero-order valence-electron chi connectivity index (χ0n) is 14.0. The van der Waals surface area contributed by atoms with Gasteiger partial charge in [-0.05, 0) is 36.8 Å². The van der Waals surface area contributed by atoms with Gasteiger partial charge in [0.2, 0.25) is 0 Å². The number of benzene rings is 2. The Morgan fingerprint density at radius 2 is 1.81 bits per heavy atom. The van der Waals surface area contributed by atoms with E-state index in [1.54, 1.807) is 18.2 Å². The molecule has 3 aromatic rings. The number of aryl methyl sites for hydroxylation is 1. The second kappa shape index (κ2) is 7.02. The fourth-order valence-corrected chi connectivity index (χ4v) is 2.55. The highest BCUT2D eigenvalue weighted by Crippen LogP contribution is 2.18. The molecule has 1 aromatic heterocycles. The Morgan fingerprint density at radius 1 is 1.12 bits per heavy atom. The number of aromatic nitrogens is 1. The molecule has 7 heteroatoms. The van der Waals surface area contributed by atoms with Gasteiger partial charge in [0, 0.05) is 23.2 Å². The van der Waals surface area contributed by atoms with Crippen LogP contribution in [-0.4, -0.2) is 15.8 Å². The molecule has 0 radical (unpaired) electrons. The number of rotatable bonds is 5. The number of carbonyl (C=O) groups excluding carboxylic acids is 1. The highest BCUT2D eigenvalue weighted by atomic mass is 16.6. The topological polar surface area (TPSA) is 97.2 Å². The molecule has 0 saturated heterocycles. The normalized spacial score (nSPS) is 10.3. The van der Waals surface area contributed by atoms with Gasteiger partial charge in [0.25, 0.3) is 11.6 Å². The van der Waals surface area contributed by atoms with Crippen LogP contribution in [0.25, 0.3) is 16.6 Å². The van der Waals surface area contributed by atoms with Crippen LogP contribution in [0.4, 0.5) is 5.69 Å². The second-order valence-electron chi connectivity index (χ2n) is 5.69. The Morgan fingerprint density at radius 3 is 2.50 bits per heavy atom. The van der Waals surface area contributed by atoms with Crippen molar-refractivity contribution in [2.24, 2.45) is 0 Å². The molecule has 130 valence electrons. The maximum Gasteiger partial charge on any atom is 0.270 e. The van der Waals surface area contributed by atoms with Crippen LogP contribution in [0.3, 0.4) is 0 Å². The third-order valence-corrected chi connectivity index (χ3v) is 3.84. The number of hydrazine groups is 1. The molecule has 1 amide bonds. The molecule has 0 bridgehead atoms. The van der Waals surface area contributed by atoms with Crippen molar-refractivity contribution in [2.45, 2.75) is 6.92 Å². The van der Waals surface area contributed by atoms with E-state index in [2.05, 4.69) is 22.4 Å². The first kappa shape index (κ1) is 17.1. The quantitative estimate of drug-likeness (QED) is 0.544. The molecule has 0 saturated carbocycles. The lowest BCUT2D eigenvalue weighted by atomic mass is 10.1. The van der Waals surface area contributed by atoms with Gasteiger partial charge >= 0.3 is 0 Å². The van der Waals surface area contributed by atoms with Crippen LogP contribution in [0.1, 0.15) is 21.6 Å². The molecule has 0 unspecified atom stereocenters. The summed E-state index contributed by atoms with van der Waals surface area (Å²) in [5, 5.41) is 11.4. The summed E-state index contributed by atoms with van der Waals surface area (Å²) in [7, 11) is 0. The fourth-order valence-electron chi connectivity index (χ4n) is 2.55. The van der Waals surface area contributed by atoms with E-state index < -0.39 is 4.92 Å². The highest BCUT2D eigenvalue weighted by Gasteiger charge is 2.12. The largest absolute Gasteiger partial charge is 0.298 e. The molecule has 2 aromatic carbocycles. The highest BCUT2D eigenvalue weighted by molar-refractivity contribution is 6.06. The van der Waals surface area contributed by atoms with Crippen LogP contribution in [0.5, 0.6) is 0 Å². The summed E-state index contributed by atoms with van der Waals surface area (Å²) >= 11 is 0. The Balaban J connectivity index is 1.75. The van der Waals surface area contributed by atoms with E-state index in [-0.39, 0.29) is 11.6 Å². The van der Waals surface area contributed by atoms with E-state index in [0.717, 1.165) is 16.6 Å². The maximum atomic E-state index is 12.6. The van der Waals surface area contributed by atoms with E-state index in [1.165, 1.54) is 12.1 Å². The van der Waals surface area contributed by atoms with Gasteiger partial charge in [-0.1, -0.05) is 24.8 Å². The van der Waals surface area contributed by atoms with Gasteiger partial charge in [-0.3, -0.25) is 30.7 Å². The van der Waals surface area contributed by atoms with Crippen LogP contribution in [-0.2, 0) is 0 Å². The summed E-state index contributed by atoms with van der Waals surface area (Å²) in [6, 6.07) is 15.0. The summed E-state index contributed by atoms with van der Waals surface area (Å²) in [6.45, 7) is 5.66. The molecule has 3 rings (SSSR count). The zero-order chi connectivity index (χ0) is 18.7. The predicted molar refractivity (Wildman–Crippen MR) is 99.2 cm³/mol. The van der Waals surface area contributed by atoms with Crippen molar-refractivity contribution >= 4 is 28.2 Å². The Kier molecular flexibility index (Phi) is 4.62. The number of non-ortho nitro benzene ring substituents is 1. The van der Waals surface area contributed by atoms with Gasteiger partial charge in [0.1, 0.15) is 0 Å². The minimum atomic E-state index is -0.474. The van der Waals surface area contributed by atoms with Gasteiger partial charge in [-0.25, -0.2) is 0 Å². The first-order valence-electron chi connectivity index (χ1n) is 7.82. The monoisotopic (exact) mass is 348 g/mol. The molecule has 0 aliphatic heterocycles. The number of para-hydroxylation sites is 1. The summed E-state index contributed by atoms with van der Waals surface area (Å²) in [6.07, 6.45) is 0. The van der Waals surface area contributed by atoms with Crippen LogP contribution in [0.2, 0.25) is 0 Å². The van der Waals surface area contributed by atoms with Crippen molar-refractivity contribution < 1.29 is 9.72 Å². The fraction of sp³-hybridized carbons (Fsp3) is 0.0526. The molecule has 0 aliphatic rings. The summed E-state index contributed by atoms with van der Waals surface area (Å²) in [5.41, 5.74) is 8.37. The van der Waals surface area contributed by atoms with Crippen molar-refractivity contribution in [3.05, 3.63) is 88.1 Å². The lowest BCUT2D eigenvalue weighted by molar-refractivity contribution is -0.384. The zero-order valence-corrected chi connectivity index (χ0v) is 14.0. The molecule has 7 nitrogen and oxygen atoms in total. The molecule has 1 heterocycles. The molecule has 26 heavy (non-hydrogen) atoms. The van der Waals surface area contributed by atoms with Crippen molar-refractivity contribution in [1.29, 1.82) is 0 Å². The summed E-state index contributed by atoms with van der Waals surface area (Å²) in [5.74, 6) is -0.324. The number of fused-ring (bicyclic) bond motifs is 1. The van der Waals surface area contributed by atoms with Gasteiger partial charge in [0.15, 0.2) is 0 Å². The number of nitrogens with one attached hydrogen (secondary N) is 2. The average Bonchev–Trinajstić information content (AvgIpc) is 2.65. The average molecular weight is 348 g/mol. The third kappa shape index (κ3) is 3.51. The lowest BCUT2D eigenvalue weighted by Crippen LogP contribution is -2.36. The number of nitro groups is 1. The minimum absolute atomic E-state index is 0.00989. The van der Waals surface area contributed by atoms with Crippen LogP contribution in [0, 0.1) is 17.0 Å². The summed E-state index contributed by atoms with van der Waals surface area (Å²) in [4.78, 5) is 27.2. The van der Waals surface area contributed by atoms with Gasteiger partial charge in [0.05, 0.1) is 21.7 Å². The van der Waals surface area contributed by atoms with Crippen LogP contribution in [0.15, 0.2) is 61.2 Å². The number of pyridine rings is 1. The van der Waals surface area contributed by atoms with E-state index in [1.807, 2.05) is 31.2 Å². The van der Waals surface area contributed by atoms with Crippen molar-refractivity contribution in [3.8, 4) is 0 Å². The first-order chi connectivity index (χ1) is 12.5. The van der Waals surface area contributed by atoms with Crippen molar-refractivity contribution in [3.63, 3.8) is 0 Å². The number of nitrogens with zero attached hydrogens (tertiary/aromatic N) is 2. The second-order valence-corrected chi connectivity index (χ2v) is 5.69. The number of nitro benzene ring substituents is 1. The molecule has 2 N–H and O–H groups in total. The standard InChI is InChI=1S/C19H16N4O3/c1-12-11-17(16-5-3-4-6-18(16)20-12)19(24)22-21-13(2)14-7-9-15(10-8-14)23(25)26/h3-11,21H,2H2,1H3,(H,22,24). The van der Waals surface area contributed by atoms with E-state index in [0.29, 0.717) is 16.8 Å². The third-order valence-electron chi connectivity index (χ3n) is 3.84. The van der Waals surface area contributed by atoms with Crippen molar-refractivity contribution in [2.75, 3.05) is 0 Å².